The lowest BCUT2D eigenvalue weighted by Gasteiger charge is -2.41. The summed E-state index contributed by atoms with van der Waals surface area (Å²) in [5.74, 6) is 0.590. The molecule has 0 radical (unpaired) electrons. The molecule has 5 aromatic rings. The van der Waals surface area contributed by atoms with Gasteiger partial charge < -0.3 is 29.4 Å². The Hall–Kier alpha value is -4.41. The van der Waals surface area contributed by atoms with Crippen molar-refractivity contribution in [1.29, 1.82) is 0 Å². The first-order valence-electron chi connectivity index (χ1n) is 17.4. The van der Waals surface area contributed by atoms with E-state index in [1.165, 1.54) is 11.1 Å². The average molecular weight is 697 g/mol. The van der Waals surface area contributed by atoms with Crippen LogP contribution in [0, 0.1) is 5.41 Å². The fourth-order valence-electron chi connectivity index (χ4n) is 7.18. The van der Waals surface area contributed by atoms with Gasteiger partial charge in [0.05, 0.1) is 23.5 Å². The van der Waals surface area contributed by atoms with Gasteiger partial charge in [-0.25, -0.2) is 19.7 Å². The Morgan fingerprint density at radius 2 is 1.82 bits per heavy atom. The van der Waals surface area contributed by atoms with Crippen molar-refractivity contribution in [2.45, 2.75) is 79.1 Å². The first kappa shape index (κ1) is 34.1. The van der Waals surface area contributed by atoms with Crippen LogP contribution in [0.1, 0.15) is 77.2 Å². The molecule has 0 saturated carbocycles. The summed E-state index contributed by atoms with van der Waals surface area (Å²) in [6.07, 6.45) is 3.25. The summed E-state index contributed by atoms with van der Waals surface area (Å²) in [4.78, 5) is 32.0. The molecule has 2 aliphatic rings. The molecule has 1 atom stereocenters. The minimum atomic E-state index is -1.09. The number of nitrogens with zero attached hydrogens (tertiary/aromatic N) is 5. The predicted octanol–water partition coefficient (Wildman–Crippen LogP) is 8.28. The molecule has 11 heteroatoms. The number of fused-ring (bicyclic) bond motifs is 4. The van der Waals surface area contributed by atoms with Crippen LogP contribution in [0.25, 0.3) is 33.2 Å². The van der Waals surface area contributed by atoms with E-state index in [2.05, 4.69) is 56.8 Å². The van der Waals surface area contributed by atoms with Gasteiger partial charge in [-0.1, -0.05) is 55.8 Å². The number of esters is 1. The van der Waals surface area contributed by atoms with Crippen LogP contribution in [0.5, 0.6) is 0 Å². The molecule has 2 aromatic carbocycles. The highest BCUT2D eigenvalue weighted by atomic mass is 35.5. The van der Waals surface area contributed by atoms with Gasteiger partial charge in [0.15, 0.2) is 17.5 Å². The Labute approximate surface area is 297 Å². The minimum Gasteiger partial charge on any atom is -0.464 e. The van der Waals surface area contributed by atoms with Gasteiger partial charge in [0.2, 0.25) is 0 Å². The number of carbonyl (C=O) groups is 1. The number of aromatic nitrogens is 3. The van der Waals surface area contributed by atoms with E-state index in [0.717, 1.165) is 78.0 Å². The molecule has 1 fully saturated rings. The van der Waals surface area contributed by atoms with Crippen LogP contribution >= 0.6 is 11.6 Å². The molecule has 2 N–H and O–H groups in total. The summed E-state index contributed by atoms with van der Waals surface area (Å²) in [6, 6.07) is 14.4. The third-order valence-corrected chi connectivity index (χ3v) is 10.1. The Morgan fingerprint density at radius 1 is 1.06 bits per heavy atom. The molecule has 1 saturated heterocycles. The minimum absolute atomic E-state index is 0.142. The van der Waals surface area contributed by atoms with Gasteiger partial charge in [-0.05, 0) is 81.2 Å². The van der Waals surface area contributed by atoms with Crippen molar-refractivity contribution in [1.82, 2.24) is 15.0 Å². The van der Waals surface area contributed by atoms with Crippen molar-refractivity contribution in [3.63, 3.8) is 0 Å². The summed E-state index contributed by atoms with van der Waals surface area (Å²) in [6.45, 7) is 15.3. The number of hydrogen-bond acceptors (Lipinski definition) is 10. The van der Waals surface area contributed by atoms with E-state index < -0.39 is 17.7 Å². The summed E-state index contributed by atoms with van der Waals surface area (Å²) in [5, 5.41) is 1.12. The van der Waals surface area contributed by atoms with Crippen LogP contribution in [-0.4, -0.2) is 52.8 Å². The van der Waals surface area contributed by atoms with Crippen LogP contribution in [0.3, 0.4) is 0 Å². The molecule has 10 nitrogen and oxygen atoms in total. The maximum absolute atomic E-state index is 13.6. The zero-order valence-electron chi connectivity index (χ0n) is 29.7. The second-order valence-corrected chi connectivity index (χ2v) is 15.4. The maximum atomic E-state index is 13.6. The van der Waals surface area contributed by atoms with E-state index in [0.29, 0.717) is 23.5 Å². The zero-order chi connectivity index (χ0) is 35.4. The topological polar surface area (TPSA) is 120 Å². The van der Waals surface area contributed by atoms with Crippen molar-refractivity contribution in [2.24, 2.45) is 5.41 Å². The number of carbonyl (C=O) groups excluding carboxylic acids is 1. The van der Waals surface area contributed by atoms with E-state index in [9.17, 15) is 4.79 Å². The van der Waals surface area contributed by atoms with Crippen LogP contribution in [-0.2, 0) is 27.2 Å². The molecule has 262 valence electrons. The van der Waals surface area contributed by atoms with Crippen LogP contribution in [0.2, 0.25) is 5.15 Å². The number of anilines is 3. The first-order valence-corrected chi connectivity index (χ1v) is 17.8. The van der Waals surface area contributed by atoms with Crippen LogP contribution < -0.4 is 15.5 Å². The van der Waals surface area contributed by atoms with Gasteiger partial charge in [-0.2, -0.15) is 0 Å². The standard InChI is InChI=1S/C39H45ClN6O4/c1-7-48-37(47)32(50-38(2,3)4)29-31(45-18-15-39(5,6)16-19-45)28(35(41)44-34(29)40)24-12-13-25-21-46(17-14-23(25)20-24)36-33-30(42-22-43-36)26-10-8-9-11-27(26)49-33/h8-13,20,22,32H,7,14-19,21H2,1-6H3,(H2,41,44)/t32-/m0/s1. The Kier molecular flexibility index (Phi) is 8.89. The Balaban J connectivity index is 1.31. The lowest BCUT2D eigenvalue weighted by atomic mass is 9.82. The number of ether oxygens (including phenoxy) is 2. The lowest BCUT2D eigenvalue weighted by Crippen LogP contribution is -2.39. The van der Waals surface area contributed by atoms with Crippen molar-refractivity contribution in [2.75, 3.05) is 41.8 Å². The Bertz CT molecular complexity index is 2080. The molecule has 7 rings (SSSR count). The summed E-state index contributed by atoms with van der Waals surface area (Å²) < 4.78 is 18.2. The van der Waals surface area contributed by atoms with Crippen molar-refractivity contribution < 1.29 is 18.7 Å². The lowest BCUT2D eigenvalue weighted by molar-refractivity contribution is -0.166. The van der Waals surface area contributed by atoms with Gasteiger partial charge in [0.1, 0.15) is 28.4 Å². The molecular formula is C39H45ClN6O4. The fraction of sp³-hybridized carbons (Fsp3) is 0.436. The second kappa shape index (κ2) is 13.0. The number of furan rings is 1. The molecule has 0 amide bonds. The smallest absolute Gasteiger partial charge is 0.340 e. The highest BCUT2D eigenvalue weighted by Crippen LogP contribution is 2.48. The fourth-order valence-corrected chi connectivity index (χ4v) is 7.46. The van der Waals surface area contributed by atoms with E-state index in [4.69, 9.17) is 31.2 Å². The molecule has 50 heavy (non-hydrogen) atoms. The van der Waals surface area contributed by atoms with E-state index in [-0.39, 0.29) is 17.2 Å². The number of nitrogen functional groups attached to an aromatic ring is 1. The molecule has 3 aromatic heterocycles. The highest BCUT2D eigenvalue weighted by molar-refractivity contribution is 6.31. The monoisotopic (exact) mass is 696 g/mol. The second-order valence-electron chi connectivity index (χ2n) is 15.1. The van der Waals surface area contributed by atoms with Gasteiger partial charge in [0.25, 0.3) is 0 Å². The maximum Gasteiger partial charge on any atom is 0.340 e. The molecule has 0 unspecified atom stereocenters. The summed E-state index contributed by atoms with van der Waals surface area (Å²) >= 11 is 6.97. The predicted molar refractivity (Wildman–Crippen MR) is 199 cm³/mol. The third-order valence-electron chi connectivity index (χ3n) is 9.80. The van der Waals surface area contributed by atoms with E-state index >= 15 is 0 Å². The number of para-hydroxylation sites is 1. The quantitative estimate of drug-likeness (QED) is 0.131. The summed E-state index contributed by atoms with van der Waals surface area (Å²) in [5.41, 5.74) is 14.0. The molecule has 2 aliphatic heterocycles. The number of piperidine rings is 1. The molecule has 0 bridgehead atoms. The SMILES string of the molecule is CCOC(=O)[C@@H](OC(C)(C)C)c1c(Cl)nc(N)c(-c2ccc3c(c2)CCN(c2ncnc4c2oc2ccccc24)C3)c1N1CCC(C)(C)CC1. The normalized spacial score (nSPS) is 16.9. The average Bonchev–Trinajstić information content (AvgIpc) is 3.45. The van der Waals surface area contributed by atoms with Gasteiger partial charge in [-0.15, -0.1) is 0 Å². The van der Waals surface area contributed by atoms with Gasteiger partial charge >= 0.3 is 5.97 Å². The zero-order valence-corrected chi connectivity index (χ0v) is 30.4. The van der Waals surface area contributed by atoms with Gasteiger partial charge in [0, 0.05) is 37.1 Å². The molecule has 5 heterocycles. The molecular weight excluding hydrogens is 652 g/mol. The van der Waals surface area contributed by atoms with Gasteiger partial charge in [-0.3, -0.25) is 0 Å². The summed E-state index contributed by atoms with van der Waals surface area (Å²) in [7, 11) is 0. The number of rotatable bonds is 7. The van der Waals surface area contributed by atoms with Crippen molar-refractivity contribution >= 4 is 57.0 Å². The van der Waals surface area contributed by atoms with Crippen molar-refractivity contribution in [3.8, 4) is 11.1 Å². The Morgan fingerprint density at radius 3 is 2.56 bits per heavy atom. The number of hydrogen-bond donors (Lipinski definition) is 1. The van der Waals surface area contributed by atoms with E-state index in [1.807, 2.05) is 45.0 Å². The van der Waals surface area contributed by atoms with E-state index in [1.54, 1.807) is 13.3 Å². The number of pyridine rings is 1. The molecule has 0 aliphatic carbocycles. The first-order chi connectivity index (χ1) is 23.8. The van der Waals surface area contributed by atoms with Crippen molar-refractivity contribution in [3.05, 3.63) is 70.6 Å². The van der Waals surface area contributed by atoms with Crippen LogP contribution in [0.15, 0.2) is 53.2 Å². The largest absolute Gasteiger partial charge is 0.464 e. The van der Waals surface area contributed by atoms with Crippen LogP contribution in [0.4, 0.5) is 17.3 Å². The molecule has 0 spiro atoms. The third kappa shape index (κ3) is 6.47. The number of nitrogens with two attached hydrogens (primary N) is 1. The number of benzene rings is 2. The number of halogens is 1. The highest BCUT2D eigenvalue weighted by Gasteiger charge is 2.38.